The summed E-state index contributed by atoms with van der Waals surface area (Å²) < 4.78 is 41.9. The molecule has 0 aromatic heterocycles. The Morgan fingerprint density at radius 3 is 2.15 bits per heavy atom. The molecule has 15 nitrogen and oxygen atoms in total. The van der Waals surface area contributed by atoms with Gasteiger partial charge >= 0.3 is 24.0 Å². The number of rotatable bonds is 10. The summed E-state index contributed by atoms with van der Waals surface area (Å²) in [7, 11) is 2.82. The van der Waals surface area contributed by atoms with Gasteiger partial charge in [0.15, 0.2) is 17.5 Å². The number of hydrogen-bond donors (Lipinski definition) is 3. The fraction of sp³-hybridized carbons (Fsp3) is 0.568. The zero-order valence-corrected chi connectivity index (χ0v) is 34.7. The van der Waals surface area contributed by atoms with Crippen molar-refractivity contribution in [1.29, 1.82) is 0 Å². The number of aliphatic hydroxyl groups excluding tert-OH is 1. The second-order valence-electron chi connectivity index (χ2n) is 17.6. The lowest BCUT2D eigenvalue weighted by Gasteiger charge is -2.61. The summed E-state index contributed by atoms with van der Waals surface area (Å²) in [6.45, 7) is 11.3. The van der Waals surface area contributed by atoms with Crippen LogP contribution in [0.2, 0.25) is 0 Å². The Hall–Kier alpha value is -4.67. The predicted octanol–water partition coefficient (Wildman–Crippen LogP) is 4.14. The molecular formula is C44H53NO14. The fourth-order valence-corrected chi connectivity index (χ4v) is 10.7. The highest BCUT2D eigenvalue weighted by Gasteiger charge is 2.91. The van der Waals surface area contributed by atoms with Crippen molar-refractivity contribution in [3.05, 3.63) is 82.9 Å². The van der Waals surface area contributed by atoms with Gasteiger partial charge in [-0.25, -0.2) is 14.4 Å². The van der Waals surface area contributed by atoms with Gasteiger partial charge in [0.2, 0.25) is 6.29 Å². The van der Waals surface area contributed by atoms with Crippen LogP contribution in [0, 0.1) is 22.7 Å². The fourth-order valence-electron chi connectivity index (χ4n) is 10.7. The molecule has 5 aliphatic rings. The molecule has 0 radical (unpaired) electrons. The monoisotopic (exact) mass is 819 g/mol. The molecule has 1 saturated heterocycles. The van der Waals surface area contributed by atoms with E-state index in [0.29, 0.717) is 16.7 Å². The molecule has 3 saturated carbocycles. The van der Waals surface area contributed by atoms with Crippen LogP contribution in [-0.4, -0.2) is 108 Å². The van der Waals surface area contributed by atoms with E-state index < -0.39 is 119 Å². The third-order valence-electron chi connectivity index (χ3n) is 13.4. The minimum absolute atomic E-state index is 0.169. The molecule has 2 aromatic rings. The summed E-state index contributed by atoms with van der Waals surface area (Å²) in [6, 6.07) is 15.2. The standard InChI is InChI=1S/C44H53NO14/c1-22-27(56-36(49)32(47)31(24-16-12-10-13-17-24)45-39(51)59-40(3,4)5)21-43(52)34(58-35(48)25-18-14-11-15-19-25)30-29-26(57-37(29)55-23(2)46)20-28(53-8)41(30,6)38(50)44(54-9)33(22)42(43,44)7/h10-19,26-32,34,37,47,52H,20-21H2,1-9H3,(H,45,51). The Balaban J connectivity index is 1.34. The minimum atomic E-state index is -2.21. The maximum Gasteiger partial charge on any atom is 0.408 e. The van der Waals surface area contributed by atoms with Gasteiger partial charge in [0, 0.05) is 39.9 Å². The number of ketones is 1. The predicted molar refractivity (Wildman–Crippen MR) is 206 cm³/mol. The van der Waals surface area contributed by atoms with Crippen LogP contribution >= 0.6 is 0 Å². The number of ether oxygens (including phenoxy) is 7. The molecule has 0 spiro atoms. The third kappa shape index (κ3) is 6.39. The van der Waals surface area contributed by atoms with E-state index in [2.05, 4.69) is 5.32 Å². The van der Waals surface area contributed by atoms with Crippen molar-refractivity contribution in [3.8, 4) is 0 Å². The number of carbonyl (C=O) groups is 5. The number of esters is 3. The van der Waals surface area contributed by atoms with Gasteiger partial charge in [-0.05, 0) is 70.4 Å². The van der Waals surface area contributed by atoms with Crippen LogP contribution in [0.3, 0.4) is 0 Å². The van der Waals surface area contributed by atoms with Crippen molar-refractivity contribution >= 4 is 29.8 Å². The second kappa shape index (κ2) is 14.8. The highest BCUT2D eigenvalue weighted by Crippen LogP contribution is 2.79. The molecule has 15 heteroatoms. The molecule has 3 N–H and O–H groups in total. The molecule has 0 bridgehead atoms. The number of alkyl carbamates (subject to hydrolysis) is 1. The van der Waals surface area contributed by atoms with Crippen LogP contribution in [0.15, 0.2) is 71.8 Å². The summed E-state index contributed by atoms with van der Waals surface area (Å²) in [6.07, 6.45) is -8.48. The molecule has 4 aliphatic carbocycles. The number of nitrogens with one attached hydrogen (secondary N) is 1. The average Bonchev–Trinajstić information content (AvgIpc) is 3.78. The SMILES string of the molecule is COC1CC2OC(OC(C)=O)C2C2C(OC(=O)c3ccccc3)C3(O)CC(OC(=O)C(O)C(NC(=O)OC(C)(C)C)c4ccccc4)C(C)=C4C(OC)(C(=O)C12C)C43C. The normalized spacial score (nSPS) is 36.5. The lowest BCUT2D eigenvalue weighted by molar-refractivity contribution is -0.349. The number of Topliss-reactive ketones (excluding diaryl/α,β-unsaturated/α-hetero) is 1. The van der Waals surface area contributed by atoms with E-state index in [9.17, 15) is 29.4 Å². The van der Waals surface area contributed by atoms with Crippen LogP contribution in [0.4, 0.5) is 4.79 Å². The lowest BCUT2D eigenvalue weighted by Crippen LogP contribution is -2.72. The first kappa shape index (κ1) is 42.5. The molecule has 13 atom stereocenters. The van der Waals surface area contributed by atoms with Gasteiger partial charge in [-0.1, -0.05) is 48.5 Å². The van der Waals surface area contributed by atoms with Gasteiger partial charge < -0.3 is 48.7 Å². The number of carbonyl (C=O) groups excluding carboxylic acids is 5. The van der Waals surface area contributed by atoms with Gasteiger partial charge in [0.25, 0.3) is 0 Å². The molecule has 1 amide bonds. The van der Waals surface area contributed by atoms with E-state index in [-0.39, 0.29) is 12.0 Å². The summed E-state index contributed by atoms with van der Waals surface area (Å²) in [5, 5.41) is 27.8. The lowest BCUT2D eigenvalue weighted by atomic mass is 9.52. The molecule has 59 heavy (non-hydrogen) atoms. The highest BCUT2D eigenvalue weighted by molar-refractivity contribution is 6.05. The van der Waals surface area contributed by atoms with Crippen molar-refractivity contribution in [2.75, 3.05) is 14.2 Å². The van der Waals surface area contributed by atoms with Gasteiger partial charge in [-0.3, -0.25) is 9.59 Å². The summed E-state index contributed by atoms with van der Waals surface area (Å²) >= 11 is 0. The number of aliphatic hydroxyl groups is 2. The molecule has 1 aliphatic heterocycles. The zero-order chi connectivity index (χ0) is 43.0. The molecule has 1 heterocycles. The van der Waals surface area contributed by atoms with Crippen molar-refractivity contribution in [2.45, 2.75) is 121 Å². The Morgan fingerprint density at radius 2 is 1.58 bits per heavy atom. The van der Waals surface area contributed by atoms with Gasteiger partial charge in [0.1, 0.15) is 23.4 Å². The van der Waals surface area contributed by atoms with Crippen LogP contribution < -0.4 is 5.32 Å². The zero-order valence-electron chi connectivity index (χ0n) is 34.7. The minimum Gasteiger partial charge on any atom is -0.456 e. The van der Waals surface area contributed by atoms with Gasteiger partial charge in [0.05, 0.1) is 40.6 Å². The van der Waals surface area contributed by atoms with Crippen LogP contribution in [-0.2, 0) is 47.5 Å². The van der Waals surface area contributed by atoms with Crippen LogP contribution in [0.5, 0.6) is 0 Å². The van der Waals surface area contributed by atoms with E-state index in [0.717, 1.165) is 0 Å². The second-order valence-corrected chi connectivity index (χ2v) is 17.6. The maximum atomic E-state index is 15.7. The maximum absolute atomic E-state index is 15.7. The van der Waals surface area contributed by atoms with Gasteiger partial charge in [-0.15, -0.1) is 0 Å². The first-order valence-electron chi connectivity index (χ1n) is 19.8. The van der Waals surface area contributed by atoms with E-state index in [1.54, 1.807) is 102 Å². The largest absolute Gasteiger partial charge is 0.456 e. The van der Waals surface area contributed by atoms with E-state index in [1.807, 2.05) is 0 Å². The van der Waals surface area contributed by atoms with Crippen LogP contribution in [0.1, 0.15) is 83.3 Å². The van der Waals surface area contributed by atoms with E-state index >= 15 is 4.79 Å². The molecule has 318 valence electrons. The van der Waals surface area contributed by atoms with E-state index in [1.165, 1.54) is 21.1 Å². The van der Waals surface area contributed by atoms with Crippen molar-refractivity contribution in [2.24, 2.45) is 22.7 Å². The van der Waals surface area contributed by atoms with Crippen molar-refractivity contribution in [1.82, 2.24) is 5.32 Å². The quantitative estimate of drug-likeness (QED) is 0.175. The number of hydrogen-bond acceptors (Lipinski definition) is 14. The molecule has 7 rings (SSSR count). The molecule has 13 unspecified atom stereocenters. The Morgan fingerprint density at radius 1 is 0.949 bits per heavy atom. The third-order valence-corrected chi connectivity index (χ3v) is 13.4. The smallest absolute Gasteiger partial charge is 0.408 e. The molecule has 2 aromatic carbocycles. The number of methoxy groups -OCH3 is 2. The number of amides is 1. The summed E-state index contributed by atoms with van der Waals surface area (Å²) in [5.41, 5.74) is -6.70. The van der Waals surface area contributed by atoms with Crippen LogP contribution in [0.25, 0.3) is 0 Å². The van der Waals surface area contributed by atoms with E-state index in [4.69, 9.17) is 33.2 Å². The first-order chi connectivity index (χ1) is 27.7. The Labute approximate surface area is 342 Å². The van der Waals surface area contributed by atoms with Crippen molar-refractivity contribution < 1.29 is 67.3 Å². The van der Waals surface area contributed by atoms with Crippen molar-refractivity contribution in [3.63, 3.8) is 0 Å². The summed E-state index contributed by atoms with van der Waals surface area (Å²) in [5.74, 6) is -4.89. The molecule has 4 fully saturated rings. The Kier molecular flexibility index (Phi) is 10.7. The summed E-state index contributed by atoms with van der Waals surface area (Å²) in [4.78, 5) is 69.3. The average molecular weight is 820 g/mol. The van der Waals surface area contributed by atoms with Gasteiger partial charge in [-0.2, -0.15) is 0 Å². The number of fused-ring (bicyclic) bond motifs is 4. The highest BCUT2D eigenvalue weighted by atomic mass is 16.7. The first-order valence-corrected chi connectivity index (χ1v) is 19.8. The number of benzene rings is 2. The topological polar surface area (TPSA) is 202 Å². The Bertz CT molecular complexity index is 2050. The molecular weight excluding hydrogens is 766 g/mol.